The summed E-state index contributed by atoms with van der Waals surface area (Å²) in [5, 5.41) is 7.40. The van der Waals surface area contributed by atoms with Crippen LogP contribution in [0.4, 0.5) is 0 Å². The highest BCUT2D eigenvalue weighted by Crippen LogP contribution is 2.14. The molecule has 2 rings (SSSR count). The minimum Gasteiger partial charge on any atom is -0.370 e. The lowest BCUT2D eigenvalue weighted by Crippen LogP contribution is -2.45. The fourth-order valence-corrected chi connectivity index (χ4v) is 1.87. The highest BCUT2D eigenvalue weighted by atomic mass is 127. The van der Waals surface area contributed by atoms with Crippen molar-refractivity contribution < 1.29 is 0 Å². The average Bonchev–Trinajstić information content (AvgIpc) is 2.88. The van der Waals surface area contributed by atoms with Gasteiger partial charge in [-0.25, -0.2) is 9.67 Å². The van der Waals surface area contributed by atoms with Crippen LogP contribution < -0.4 is 11.1 Å². The molecule has 0 bridgehead atoms. The second kappa shape index (κ2) is 7.44. The minimum absolute atomic E-state index is 0. The lowest BCUT2D eigenvalue weighted by molar-refractivity contribution is 0.508. The van der Waals surface area contributed by atoms with Gasteiger partial charge in [-0.2, -0.15) is 5.10 Å². The van der Waals surface area contributed by atoms with E-state index >= 15 is 0 Å². The van der Waals surface area contributed by atoms with Crippen molar-refractivity contribution in [2.24, 2.45) is 10.7 Å². The van der Waals surface area contributed by atoms with Crippen LogP contribution in [-0.4, -0.2) is 21.3 Å². The largest absolute Gasteiger partial charge is 0.370 e. The first kappa shape index (κ1) is 17.5. The van der Waals surface area contributed by atoms with E-state index in [1.165, 1.54) is 0 Å². The summed E-state index contributed by atoms with van der Waals surface area (Å²) in [5.74, 6) is 0.452. The molecule has 21 heavy (non-hydrogen) atoms. The smallest absolute Gasteiger partial charge is 0.189 e. The Labute approximate surface area is 142 Å². The third kappa shape index (κ3) is 5.37. The number of para-hydroxylation sites is 1. The molecule has 1 aromatic heterocycles. The first-order valence-electron chi connectivity index (χ1n) is 6.62. The zero-order valence-corrected chi connectivity index (χ0v) is 14.9. The molecule has 1 heterocycles. The first-order chi connectivity index (χ1) is 9.46. The van der Waals surface area contributed by atoms with E-state index in [0.29, 0.717) is 12.5 Å². The van der Waals surface area contributed by atoms with E-state index < -0.39 is 0 Å². The quantitative estimate of drug-likeness (QED) is 0.474. The zero-order valence-electron chi connectivity index (χ0n) is 12.6. The normalized spacial score (nSPS) is 11.9. The molecule has 0 saturated heterocycles. The molecule has 0 atom stereocenters. The molecule has 0 aliphatic heterocycles. The number of benzene rings is 1. The number of nitrogens with two attached hydrogens (primary N) is 1. The highest BCUT2D eigenvalue weighted by molar-refractivity contribution is 14.0. The molecule has 0 spiro atoms. The Morgan fingerprint density at radius 1 is 1.29 bits per heavy atom. The molecule has 0 unspecified atom stereocenters. The minimum atomic E-state index is -0.0882. The maximum absolute atomic E-state index is 5.89. The Morgan fingerprint density at radius 3 is 2.62 bits per heavy atom. The summed E-state index contributed by atoms with van der Waals surface area (Å²) in [5.41, 5.74) is 7.90. The van der Waals surface area contributed by atoms with Crippen LogP contribution in [0, 0.1) is 0 Å². The van der Waals surface area contributed by atoms with Crippen LogP contribution in [0.2, 0.25) is 0 Å². The van der Waals surface area contributed by atoms with E-state index in [0.717, 1.165) is 11.3 Å². The Morgan fingerprint density at radius 2 is 2.00 bits per heavy atom. The number of hydrogen-bond acceptors (Lipinski definition) is 2. The number of nitrogens with zero attached hydrogens (tertiary/aromatic N) is 3. The third-order valence-corrected chi connectivity index (χ3v) is 2.67. The van der Waals surface area contributed by atoms with E-state index in [2.05, 4.69) is 15.4 Å². The van der Waals surface area contributed by atoms with Crippen LogP contribution in [-0.2, 0) is 6.54 Å². The summed E-state index contributed by atoms with van der Waals surface area (Å²) in [7, 11) is 0. The predicted molar refractivity (Wildman–Crippen MR) is 97.2 cm³/mol. The van der Waals surface area contributed by atoms with Crippen LogP contribution in [0.25, 0.3) is 5.69 Å². The molecule has 114 valence electrons. The van der Waals surface area contributed by atoms with Crippen LogP contribution in [0.5, 0.6) is 0 Å². The first-order valence-corrected chi connectivity index (χ1v) is 6.62. The maximum atomic E-state index is 5.89. The van der Waals surface area contributed by atoms with Gasteiger partial charge < -0.3 is 11.1 Å². The van der Waals surface area contributed by atoms with Crippen LogP contribution in [0.3, 0.4) is 0 Å². The van der Waals surface area contributed by atoms with Crippen molar-refractivity contribution in [2.75, 3.05) is 0 Å². The molecule has 2 aromatic rings. The summed E-state index contributed by atoms with van der Waals surface area (Å²) in [6.45, 7) is 6.66. The van der Waals surface area contributed by atoms with Crippen molar-refractivity contribution >= 4 is 29.9 Å². The summed E-state index contributed by atoms with van der Waals surface area (Å²) in [6, 6.07) is 9.93. The molecule has 3 N–H and O–H groups in total. The lowest BCUT2D eigenvalue weighted by Gasteiger charge is -2.21. The lowest BCUT2D eigenvalue weighted by atomic mass is 10.1. The molecular formula is C15H22IN5. The van der Waals surface area contributed by atoms with Gasteiger partial charge in [0.2, 0.25) is 0 Å². The van der Waals surface area contributed by atoms with Crippen LogP contribution >= 0.6 is 24.0 Å². The predicted octanol–water partition coefficient (Wildman–Crippen LogP) is 2.69. The highest BCUT2D eigenvalue weighted by Gasteiger charge is 2.10. The van der Waals surface area contributed by atoms with Crippen molar-refractivity contribution in [3.8, 4) is 5.69 Å². The number of hydrogen-bond donors (Lipinski definition) is 2. The van der Waals surface area contributed by atoms with Gasteiger partial charge in [0.1, 0.15) is 0 Å². The van der Waals surface area contributed by atoms with Gasteiger partial charge in [-0.15, -0.1) is 24.0 Å². The Balaban J connectivity index is 0.00000220. The molecule has 5 nitrogen and oxygen atoms in total. The van der Waals surface area contributed by atoms with Gasteiger partial charge in [-0.1, -0.05) is 18.2 Å². The van der Waals surface area contributed by atoms with Gasteiger partial charge in [0.05, 0.1) is 12.2 Å². The summed E-state index contributed by atoms with van der Waals surface area (Å²) < 4.78 is 1.83. The maximum Gasteiger partial charge on any atom is 0.189 e. The molecule has 0 amide bonds. The molecule has 0 aliphatic rings. The number of rotatable bonds is 3. The standard InChI is InChI=1S/C15H21N5.HI/c1-15(2,3)19-14(16)17-11-12-7-4-5-8-13(12)20-10-6-9-18-20;/h4-10H,11H2,1-3H3,(H3,16,17,19);1H. The Hall–Kier alpha value is -1.57. The van der Waals surface area contributed by atoms with E-state index in [1.807, 2.05) is 62.0 Å². The van der Waals surface area contributed by atoms with Crippen molar-refractivity contribution in [1.29, 1.82) is 0 Å². The summed E-state index contributed by atoms with van der Waals surface area (Å²) >= 11 is 0. The molecule has 0 fully saturated rings. The van der Waals surface area contributed by atoms with Gasteiger partial charge in [0.15, 0.2) is 5.96 Å². The fraction of sp³-hybridized carbons (Fsp3) is 0.333. The number of halogens is 1. The number of aromatic nitrogens is 2. The molecule has 1 aromatic carbocycles. The Kier molecular flexibility index (Phi) is 6.19. The van der Waals surface area contributed by atoms with E-state index in [9.17, 15) is 0 Å². The molecule has 6 heteroatoms. The van der Waals surface area contributed by atoms with Crippen molar-refractivity contribution in [1.82, 2.24) is 15.1 Å². The van der Waals surface area contributed by atoms with Gasteiger partial charge >= 0.3 is 0 Å². The van der Waals surface area contributed by atoms with E-state index in [4.69, 9.17) is 5.73 Å². The van der Waals surface area contributed by atoms with Crippen molar-refractivity contribution in [3.05, 3.63) is 48.3 Å². The Bertz CT molecular complexity index is 584. The van der Waals surface area contributed by atoms with Crippen molar-refractivity contribution in [2.45, 2.75) is 32.9 Å². The molecular weight excluding hydrogens is 377 g/mol. The fourth-order valence-electron chi connectivity index (χ4n) is 1.87. The number of guanidine groups is 1. The van der Waals surface area contributed by atoms with E-state index in [-0.39, 0.29) is 29.5 Å². The monoisotopic (exact) mass is 399 g/mol. The van der Waals surface area contributed by atoms with E-state index in [1.54, 1.807) is 6.20 Å². The van der Waals surface area contributed by atoms with Crippen LogP contribution in [0.15, 0.2) is 47.7 Å². The second-order valence-electron chi connectivity index (χ2n) is 5.66. The SMILES string of the molecule is CC(C)(C)NC(N)=NCc1ccccc1-n1cccn1.I. The number of nitrogens with one attached hydrogen (secondary N) is 1. The average molecular weight is 399 g/mol. The van der Waals surface area contributed by atoms with Gasteiger partial charge in [-0.3, -0.25) is 0 Å². The number of aliphatic imine (C=N–C) groups is 1. The van der Waals surface area contributed by atoms with Gasteiger partial charge in [0, 0.05) is 17.9 Å². The topological polar surface area (TPSA) is 68.2 Å². The third-order valence-electron chi connectivity index (χ3n) is 2.67. The van der Waals surface area contributed by atoms with Crippen molar-refractivity contribution in [3.63, 3.8) is 0 Å². The summed E-state index contributed by atoms with van der Waals surface area (Å²) in [6.07, 6.45) is 3.68. The molecule has 0 aliphatic carbocycles. The molecule has 0 radical (unpaired) electrons. The van der Waals surface area contributed by atoms with Gasteiger partial charge in [-0.05, 0) is 38.5 Å². The second-order valence-corrected chi connectivity index (χ2v) is 5.66. The summed E-state index contributed by atoms with van der Waals surface area (Å²) in [4.78, 5) is 4.39. The van der Waals surface area contributed by atoms with Crippen LogP contribution in [0.1, 0.15) is 26.3 Å². The molecule has 0 saturated carbocycles. The van der Waals surface area contributed by atoms with Gasteiger partial charge in [0.25, 0.3) is 0 Å². The zero-order chi connectivity index (χ0) is 14.6.